The van der Waals surface area contributed by atoms with Crippen LogP contribution in [-0.4, -0.2) is 14.9 Å². The van der Waals surface area contributed by atoms with Crippen LogP contribution in [0.15, 0.2) is 78.9 Å². The number of benzene rings is 3. The van der Waals surface area contributed by atoms with Gasteiger partial charge in [0.1, 0.15) is 0 Å². The number of rotatable bonds is 4. The maximum absolute atomic E-state index is 14.1. The number of anilines is 1. The summed E-state index contributed by atoms with van der Waals surface area (Å²) in [6.45, 7) is 5.90. The van der Waals surface area contributed by atoms with E-state index in [0.717, 1.165) is 11.1 Å². The smallest absolute Gasteiger partial charge is 0.265 e. The van der Waals surface area contributed by atoms with Crippen LogP contribution >= 0.6 is 11.6 Å². The number of fused-ring (bicyclic) bond motifs is 1. The summed E-state index contributed by atoms with van der Waals surface area (Å²) < 4.78 is 15.8. The van der Waals surface area contributed by atoms with E-state index in [9.17, 15) is 9.00 Å². The molecule has 0 radical (unpaired) electrons. The Morgan fingerprint density at radius 3 is 2.24 bits per heavy atom. The van der Waals surface area contributed by atoms with Gasteiger partial charge in [0.2, 0.25) is 5.54 Å². The molecule has 0 aromatic heterocycles. The van der Waals surface area contributed by atoms with Crippen LogP contribution in [0.1, 0.15) is 37.5 Å². The molecule has 1 heterocycles. The molecule has 0 bridgehead atoms. The summed E-state index contributed by atoms with van der Waals surface area (Å²) in [5.41, 5.74) is 1.38. The lowest BCUT2D eigenvalue weighted by molar-refractivity contribution is -0.121. The molecule has 3 aromatic rings. The van der Waals surface area contributed by atoms with E-state index in [2.05, 4.69) is 16.6 Å². The van der Waals surface area contributed by atoms with Gasteiger partial charge in [0, 0.05) is 16.1 Å². The number of hydrogen-bond donors (Lipinski definition) is 1. The molecule has 3 aromatic carbocycles. The zero-order valence-electron chi connectivity index (χ0n) is 18.8. The van der Waals surface area contributed by atoms with Crippen molar-refractivity contribution in [2.45, 2.75) is 37.6 Å². The van der Waals surface area contributed by atoms with Crippen molar-refractivity contribution >= 4 is 34.2 Å². The molecule has 0 saturated carbocycles. The molecule has 1 aliphatic heterocycles. The highest BCUT2D eigenvalue weighted by Crippen LogP contribution is 2.45. The molecule has 168 valence electrons. The van der Waals surface area contributed by atoms with Crippen molar-refractivity contribution in [3.63, 3.8) is 0 Å². The normalized spacial score (nSPS) is 18.4. The summed E-state index contributed by atoms with van der Waals surface area (Å²) in [6.07, 6.45) is 0. The quantitative estimate of drug-likeness (QED) is 0.527. The Bertz CT molecular complexity index is 1260. The lowest BCUT2D eigenvalue weighted by atomic mass is 9.92. The van der Waals surface area contributed by atoms with Gasteiger partial charge in [-0.1, -0.05) is 78.0 Å². The van der Waals surface area contributed by atoms with Gasteiger partial charge in [-0.25, -0.2) is 8.93 Å². The van der Waals surface area contributed by atoms with Crippen molar-refractivity contribution in [3.8, 4) is 11.8 Å². The van der Waals surface area contributed by atoms with Crippen molar-refractivity contribution in [2.75, 3.05) is 4.90 Å². The third-order valence-electron chi connectivity index (χ3n) is 5.38. The number of halogens is 1. The van der Waals surface area contributed by atoms with Gasteiger partial charge in [-0.15, -0.1) is 0 Å². The number of nitrogens with zero attached hydrogens (tertiary/aromatic N) is 1. The summed E-state index contributed by atoms with van der Waals surface area (Å²) in [4.78, 5) is 15.8. The highest BCUT2D eigenvalue weighted by Gasteiger charge is 2.53. The van der Waals surface area contributed by atoms with Gasteiger partial charge < -0.3 is 4.90 Å². The number of hydrogen-bond acceptors (Lipinski definition) is 2. The number of nitrogens with one attached hydrogen (secondary N) is 1. The Hall–Kier alpha value is -2.91. The van der Waals surface area contributed by atoms with Crippen molar-refractivity contribution < 1.29 is 9.00 Å². The number of amides is 1. The van der Waals surface area contributed by atoms with Gasteiger partial charge in [0.25, 0.3) is 5.91 Å². The first-order valence-corrected chi connectivity index (χ1v) is 12.2. The molecular formula is C27H25ClN2O2S. The van der Waals surface area contributed by atoms with Crippen LogP contribution in [0.2, 0.25) is 5.02 Å². The standard InChI is InChI=1S/C27H25ClN2O2S/c1-26(2,3)33(32)29-27(18-17-20-11-6-4-7-12-20)24-22(28)15-10-16-23(24)30(25(27)31)19-21-13-8-5-9-14-21/h4-16,29H,19H2,1-3H3/t27-,33-/m1/s1. The second-order valence-electron chi connectivity index (χ2n) is 8.86. The Kier molecular flexibility index (Phi) is 6.45. The van der Waals surface area contributed by atoms with E-state index in [0.29, 0.717) is 22.8 Å². The number of carbonyl (C=O) groups is 1. The van der Waals surface area contributed by atoms with E-state index in [1.807, 2.05) is 93.6 Å². The van der Waals surface area contributed by atoms with Crippen LogP contribution in [-0.2, 0) is 27.9 Å². The summed E-state index contributed by atoms with van der Waals surface area (Å²) in [5.74, 6) is 5.97. The van der Waals surface area contributed by atoms with Gasteiger partial charge in [0.05, 0.1) is 28.0 Å². The maximum atomic E-state index is 14.1. The molecule has 1 N–H and O–H groups in total. The first-order chi connectivity index (χ1) is 15.7. The van der Waals surface area contributed by atoms with Crippen molar-refractivity contribution in [3.05, 3.63) is 101 Å². The predicted octanol–water partition coefficient (Wildman–Crippen LogP) is 5.19. The van der Waals surface area contributed by atoms with Crippen LogP contribution in [0, 0.1) is 11.8 Å². The second-order valence-corrected chi connectivity index (χ2v) is 11.2. The van der Waals surface area contributed by atoms with Crippen molar-refractivity contribution in [2.24, 2.45) is 0 Å². The Labute approximate surface area is 202 Å². The summed E-state index contributed by atoms with van der Waals surface area (Å²) in [7, 11) is -1.58. The molecule has 4 rings (SSSR count). The van der Waals surface area contributed by atoms with Crippen LogP contribution in [0.3, 0.4) is 0 Å². The number of carbonyl (C=O) groups excluding carboxylic acids is 1. The maximum Gasteiger partial charge on any atom is 0.265 e. The van der Waals surface area contributed by atoms with E-state index < -0.39 is 21.3 Å². The molecule has 1 aliphatic rings. The third kappa shape index (κ3) is 4.60. The van der Waals surface area contributed by atoms with Crippen LogP contribution in [0.5, 0.6) is 0 Å². The largest absolute Gasteiger partial charge is 0.305 e. The lowest BCUT2D eigenvalue weighted by Gasteiger charge is -2.29. The highest BCUT2D eigenvalue weighted by molar-refractivity contribution is 7.84. The molecule has 0 spiro atoms. The molecule has 1 amide bonds. The zero-order chi connectivity index (χ0) is 23.6. The van der Waals surface area contributed by atoms with E-state index in [1.165, 1.54) is 0 Å². The molecule has 6 heteroatoms. The SMILES string of the molecule is CC(C)(C)[S@@](=O)N[C@@]1(C#Cc2ccccc2)C(=O)N(Cc2ccccc2)c2cccc(Cl)c21. The van der Waals surface area contributed by atoms with Crippen LogP contribution in [0.25, 0.3) is 0 Å². The fourth-order valence-corrected chi connectivity index (χ4v) is 4.80. The molecule has 33 heavy (non-hydrogen) atoms. The van der Waals surface area contributed by atoms with Gasteiger partial charge in [-0.3, -0.25) is 4.79 Å². The third-order valence-corrected chi connectivity index (χ3v) is 7.30. The van der Waals surface area contributed by atoms with Gasteiger partial charge in [-0.05, 0) is 50.6 Å². The molecule has 0 saturated heterocycles. The topological polar surface area (TPSA) is 49.4 Å². The summed E-state index contributed by atoms with van der Waals surface area (Å²) in [5, 5.41) is 0.400. The first-order valence-electron chi connectivity index (χ1n) is 10.7. The van der Waals surface area contributed by atoms with Crippen molar-refractivity contribution in [1.29, 1.82) is 0 Å². The molecule has 0 unspecified atom stereocenters. The molecule has 2 atom stereocenters. The summed E-state index contributed by atoms with van der Waals surface area (Å²) in [6, 6.07) is 24.6. The minimum absolute atomic E-state index is 0.296. The molecule has 0 aliphatic carbocycles. The average molecular weight is 477 g/mol. The molecule has 0 fully saturated rings. The molecular weight excluding hydrogens is 452 g/mol. The molecule has 4 nitrogen and oxygen atoms in total. The van der Waals surface area contributed by atoms with Gasteiger partial charge >= 0.3 is 0 Å². The van der Waals surface area contributed by atoms with Crippen LogP contribution in [0.4, 0.5) is 5.69 Å². The van der Waals surface area contributed by atoms with E-state index in [-0.39, 0.29) is 5.91 Å². The zero-order valence-corrected chi connectivity index (χ0v) is 20.3. The first kappa shape index (κ1) is 23.3. The highest BCUT2D eigenvalue weighted by atomic mass is 35.5. The average Bonchev–Trinajstić information content (AvgIpc) is 3.02. The lowest BCUT2D eigenvalue weighted by Crippen LogP contribution is -2.53. The van der Waals surface area contributed by atoms with Crippen LogP contribution < -0.4 is 9.62 Å². The van der Waals surface area contributed by atoms with E-state index in [4.69, 9.17) is 11.6 Å². The van der Waals surface area contributed by atoms with Gasteiger partial charge in [-0.2, -0.15) is 0 Å². The Morgan fingerprint density at radius 2 is 1.61 bits per heavy atom. The van der Waals surface area contributed by atoms with E-state index in [1.54, 1.807) is 11.0 Å². The Balaban J connectivity index is 1.90. The summed E-state index contributed by atoms with van der Waals surface area (Å²) >= 11 is 6.68. The Morgan fingerprint density at radius 1 is 0.970 bits per heavy atom. The fourth-order valence-electron chi connectivity index (χ4n) is 3.67. The van der Waals surface area contributed by atoms with E-state index >= 15 is 0 Å². The minimum atomic E-state index is -1.58. The van der Waals surface area contributed by atoms with Crippen molar-refractivity contribution in [1.82, 2.24) is 4.72 Å². The predicted molar refractivity (Wildman–Crippen MR) is 135 cm³/mol. The van der Waals surface area contributed by atoms with Gasteiger partial charge in [0.15, 0.2) is 0 Å². The monoisotopic (exact) mass is 476 g/mol. The fraction of sp³-hybridized carbons (Fsp3) is 0.222. The second kappa shape index (κ2) is 9.15. The minimum Gasteiger partial charge on any atom is -0.305 e.